The summed E-state index contributed by atoms with van der Waals surface area (Å²) in [5.41, 5.74) is 16.5. The normalized spacial score (nSPS) is 20.6. The molecule has 0 N–H and O–H groups in total. The first kappa shape index (κ1) is 45.6. The minimum atomic E-state index is -0.0543. The Morgan fingerprint density at radius 2 is 1.22 bits per heavy atom. The smallest absolute Gasteiger partial charge is 0.135 e. The van der Waals surface area contributed by atoms with Crippen LogP contribution in [0.2, 0.25) is 0 Å². The van der Waals surface area contributed by atoms with E-state index in [1.807, 2.05) is 30.5 Å². The van der Waals surface area contributed by atoms with Gasteiger partial charge in [-0.25, -0.2) is 9.97 Å². The molecule has 1 aliphatic heterocycles. The number of pyridine rings is 2. The maximum atomic E-state index is 6.80. The molecule has 4 fully saturated rings. The number of fused-ring (bicyclic) bond motifs is 4. The second-order valence-corrected chi connectivity index (χ2v) is 20.9. The number of ether oxygens (including phenoxy) is 1. The Hall–Kier alpha value is -7.27. The van der Waals surface area contributed by atoms with E-state index in [4.69, 9.17) is 14.7 Å². The zero-order chi connectivity index (χ0) is 48.1. The van der Waals surface area contributed by atoms with E-state index in [2.05, 4.69) is 206 Å². The number of anilines is 4. The third-order valence-corrected chi connectivity index (χ3v) is 17.0. The zero-order valence-electron chi connectivity index (χ0n) is 41.2. The molecule has 0 amide bonds. The van der Waals surface area contributed by atoms with Gasteiger partial charge in [-0.05, 0) is 151 Å². The van der Waals surface area contributed by atoms with Gasteiger partial charge in [-0.2, -0.15) is 12.1 Å². The first-order valence-electron chi connectivity index (χ1n) is 25.7. The molecule has 362 valence electrons. The summed E-state index contributed by atoms with van der Waals surface area (Å²) >= 11 is 0. The molecular weight excluding hydrogens is 1070 g/mol. The van der Waals surface area contributed by atoms with Gasteiger partial charge in [0.1, 0.15) is 11.6 Å². The van der Waals surface area contributed by atoms with Crippen molar-refractivity contribution in [1.29, 1.82) is 0 Å². The largest absolute Gasteiger partial charge is 0.509 e. The molecule has 3 aromatic heterocycles. The number of hydrogen-bond donors (Lipinski definition) is 0. The summed E-state index contributed by atoms with van der Waals surface area (Å²) in [6, 6.07) is 68.1. The minimum absolute atomic E-state index is 0. The van der Waals surface area contributed by atoms with Crippen molar-refractivity contribution >= 4 is 44.7 Å². The maximum absolute atomic E-state index is 6.80. The van der Waals surface area contributed by atoms with Crippen LogP contribution in [0.3, 0.4) is 0 Å². The number of aryl methyl sites for hydroxylation is 2. The van der Waals surface area contributed by atoms with Gasteiger partial charge in [0.2, 0.25) is 0 Å². The molecule has 4 heterocycles. The van der Waals surface area contributed by atoms with E-state index in [9.17, 15) is 0 Å². The molecule has 0 atom stereocenters. The fourth-order valence-electron chi connectivity index (χ4n) is 13.9. The van der Waals surface area contributed by atoms with E-state index in [0.717, 1.165) is 84.6 Å². The van der Waals surface area contributed by atoms with Gasteiger partial charge in [0.15, 0.2) is 0 Å². The summed E-state index contributed by atoms with van der Waals surface area (Å²) in [7, 11) is 0. The van der Waals surface area contributed by atoms with Crippen LogP contribution in [0, 0.1) is 63.2 Å². The van der Waals surface area contributed by atoms with Crippen molar-refractivity contribution in [1.82, 2.24) is 14.5 Å². The van der Waals surface area contributed by atoms with Crippen LogP contribution in [0.1, 0.15) is 59.9 Å². The van der Waals surface area contributed by atoms with Crippen LogP contribution in [0.4, 0.5) is 22.9 Å². The SMILES string of the molecule is Cc1cc(C2(c3ccnc(-n4c5[c-]c(Oc6[c-]c(N7[CH-]N(c8c(-c9ccccc9)cccc8-c8ccccc8)c8cccnc87)ccc6)ccc5c5ccccc54)c3)C3CC4CC(C3)CC2C4)cc(C)c1C.[Pt]. The monoisotopic (exact) mass is 1130 g/mol. The number of rotatable bonds is 9. The fraction of sp³-hybridized carbons (Fsp3) is 0.197. The molecule has 7 heteroatoms. The van der Waals surface area contributed by atoms with Crippen LogP contribution < -0.4 is 14.5 Å². The number of nitrogens with zero attached hydrogens (tertiary/aromatic N) is 5. The van der Waals surface area contributed by atoms with E-state index in [0.29, 0.717) is 23.3 Å². The summed E-state index contributed by atoms with van der Waals surface area (Å²) in [6.07, 6.45) is 10.6. The van der Waals surface area contributed by atoms with E-state index in [1.165, 1.54) is 59.9 Å². The molecule has 5 aliphatic rings. The zero-order valence-corrected chi connectivity index (χ0v) is 43.5. The van der Waals surface area contributed by atoms with Crippen molar-refractivity contribution in [3.05, 3.63) is 229 Å². The molecule has 6 nitrogen and oxygen atoms in total. The second kappa shape index (κ2) is 18.0. The van der Waals surface area contributed by atoms with E-state index in [1.54, 1.807) is 0 Å². The molecule has 4 saturated carbocycles. The quantitative estimate of drug-likeness (QED) is 0.135. The summed E-state index contributed by atoms with van der Waals surface area (Å²) in [6.45, 7) is 9.02. The molecule has 0 unspecified atom stereocenters. The Labute approximate surface area is 442 Å². The van der Waals surface area contributed by atoms with Gasteiger partial charge in [-0.3, -0.25) is 0 Å². The first-order chi connectivity index (χ1) is 35.4. The predicted molar refractivity (Wildman–Crippen MR) is 291 cm³/mol. The van der Waals surface area contributed by atoms with Crippen molar-refractivity contribution < 1.29 is 25.8 Å². The Balaban J connectivity index is 0.00000516. The van der Waals surface area contributed by atoms with Crippen LogP contribution in [0.5, 0.6) is 11.5 Å². The summed E-state index contributed by atoms with van der Waals surface area (Å²) in [5.74, 6) is 5.84. The van der Waals surface area contributed by atoms with Crippen LogP contribution in [0.25, 0.3) is 49.9 Å². The first-order valence-corrected chi connectivity index (χ1v) is 25.7. The standard InChI is InChI=1S/C66H54N5O.Pt/c1-42-31-50(32-43(2)44(42)3)66(51-34-45-33-46(36-51)37-52(66)35-45)49-28-30-67-63(38-49)71-60-24-11-10-21-58(60)59-27-26-55(40-62(59)71)72-54-20-12-19-53(39-54)69-41-70(61-25-14-29-68-65(61)69)64-56(47-15-6-4-7-16-47)22-13-23-57(64)48-17-8-5-9-18-48;/h4-32,38,41,45-46,51-52H,33-37H2,1-3H3;/q-3;. The van der Waals surface area contributed by atoms with Crippen molar-refractivity contribution in [2.75, 3.05) is 9.80 Å². The number of hydrogen-bond acceptors (Lipinski definition) is 5. The molecule has 4 bridgehead atoms. The van der Waals surface area contributed by atoms with E-state index >= 15 is 0 Å². The van der Waals surface area contributed by atoms with Crippen LogP contribution >= 0.6 is 0 Å². The van der Waals surface area contributed by atoms with Crippen molar-refractivity contribution in [3.8, 4) is 39.6 Å². The summed E-state index contributed by atoms with van der Waals surface area (Å²) < 4.78 is 9.11. The Kier molecular flexibility index (Phi) is 11.3. The van der Waals surface area contributed by atoms with Crippen LogP contribution in [0.15, 0.2) is 182 Å². The molecule has 73 heavy (non-hydrogen) atoms. The van der Waals surface area contributed by atoms with Crippen molar-refractivity contribution in [2.45, 2.75) is 58.3 Å². The topological polar surface area (TPSA) is 46.4 Å². The Morgan fingerprint density at radius 1 is 0.562 bits per heavy atom. The average Bonchev–Trinajstić information content (AvgIpc) is 3.97. The van der Waals surface area contributed by atoms with Crippen molar-refractivity contribution in [3.63, 3.8) is 0 Å². The van der Waals surface area contributed by atoms with Gasteiger partial charge in [0, 0.05) is 72.7 Å². The third-order valence-electron chi connectivity index (χ3n) is 17.0. The van der Waals surface area contributed by atoms with Gasteiger partial charge in [-0.15, -0.1) is 42.4 Å². The molecule has 7 aromatic carbocycles. The number of aromatic nitrogens is 3. The van der Waals surface area contributed by atoms with Gasteiger partial charge in [-0.1, -0.05) is 120 Å². The number of para-hydroxylation sites is 2. The van der Waals surface area contributed by atoms with Gasteiger partial charge in [0.25, 0.3) is 0 Å². The van der Waals surface area contributed by atoms with Gasteiger partial charge >= 0.3 is 0 Å². The molecule has 15 rings (SSSR count). The van der Waals surface area contributed by atoms with Crippen LogP contribution in [-0.2, 0) is 26.5 Å². The Morgan fingerprint density at radius 3 is 1.93 bits per heavy atom. The average molecular weight is 1130 g/mol. The molecule has 0 saturated heterocycles. The fourth-order valence-corrected chi connectivity index (χ4v) is 13.9. The molecule has 0 spiro atoms. The minimum Gasteiger partial charge on any atom is -0.509 e. The molecule has 4 aliphatic carbocycles. The van der Waals surface area contributed by atoms with Crippen LogP contribution in [-0.4, -0.2) is 14.5 Å². The predicted octanol–water partition coefficient (Wildman–Crippen LogP) is 16.4. The third kappa shape index (κ3) is 7.38. The van der Waals surface area contributed by atoms with E-state index < -0.39 is 0 Å². The van der Waals surface area contributed by atoms with Crippen molar-refractivity contribution in [2.24, 2.45) is 23.7 Å². The maximum Gasteiger partial charge on any atom is 0.135 e. The van der Waals surface area contributed by atoms with Gasteiger partial charge in [0.05, 0.1) is 5.69 Å². The summed E-state index contributed by atoms with van der Waals surface area (Å²) in [4.78, 5) is 14.6. The Bertz CT molecular complexity index is 3630. The second-order valence-electron chi connectivity index (χ2n) is 20.9. The van der Waals surface area contributed by atoms with Gasteiger partial charge < -0.3 is 19.1 Å². The molecular formula is C66H54N5OPt-3. The molecule has 0 radical (unpaired) electrons. The van der Waals surface area contributed by atoms with E-state index in [-0.39, 0.29) is 26.5 Å². The summed E-state index contributed by atoms with van der Waals surface area (Å²) in [5, 5.41) is 2.27. The number of benzene rings is 7. The molecule has 10 aromatic rings.